The molecule has 0 aromatic heterocycles. The summed E-state index contributed by atoms with van der Waals surface area (Å²) in [4.78, 5) is 0. The first kappa shape index (κ1) is 38.0. The fraction of sp³-hybridized carbons (Fsp3) is 0.389. The van der Waals surface area contributed by atoms with Gasteiger partial charge in [0.1, 0.15) is 0 Å². The molecule has 0 N–H and O–H groups in total. The molecule has 0 heterocycles. The summed E-state index contributed by atoms with van der Waals surface area (Å²) >= 11 is 2.32. The molecule has 1 aliphatic rings. The van der Waals surface area contributed by atoms with Crippen LogP contribution in [0.4, 0.5) is 0 Å². The van der Waals surface area contributed by atoms with Crippen molar-refractivity contribution in [2.45, 2.75) is 93.4 Å². The SMILES string of the molecule is CCc1cc(CC)cc([Si](C2=C(C)[C]([Ti+3])=CC2)(c2cc(CC)cc(CC)c2)c2cc(CC)cc(CC)c2)c1.[Cl-].[Cl-].[Cl-]. The molecule has 3 aromatic carbocycles. The molecule has 0 fully saturated rings. The summed E-state index contributed by atoms with van der Waals surface area (Å²) in [5, 5.41) is 6.43. The Balaban J connectivity index is 0.00000280. The molecule has 0 radical (unpaired) electrons. The third kappa shape index (κ3) is 7.54. The van der Waals surface area contributed by atoms with Crippen molar-refractivity contribution in [3.63, 3.8) is 0 Å². The second kappa shape index (κ2) is 16.7. The first-order valence-electron chi connectivity index (χ1n) is 14.9. The minimum atomic E-state index is -2.55. The Bertz CT molecular complexity index is 1190. The van der Waals surface area contributed by atoms with E-state index in [1.165, 1.54) is 42.8 Å². The van der Waals surface area contributed by atoms with Crippen LogP contribution in [0.25, 0.3) is 0 Å². The molecule has 3 aromatic rings. The Labute approximate surface area is 281 Å². The fourth-order valence-corrected chi connectivity index (χ4v) is 12.4. The number of hydrogen-bond donors (Lipinski definition) is 0. The summed E-state index contributed by atoms with van der Waals surface area (Å²) in [6.07, 6.45) is 10.0. The molecule has 0 atom stereocenters. The van der Waals surface area contributed by atoms with Crippen molar-refractivity contribution in [2.24, 2.45) is 0 Å². The molecular formula is C36H45Cl3SiTi. The van der Waals surface area contributed by atoms with E-state index in [1.807, 2.05) is 0 Å². The van der Waals surface area contributed by atoms with Crippen LogP contribution < -0.4 is 52.8 Å². The van der Waals surface area contributed by atoms with Crippen molar-refractivity contribution in [2.75, 3.05) is 0 Å². The van der Waals surface area contributed by atoms with Gasteiger partial charge in [0.15, 0.2) is 0 Å². The van der Waals surface area contributed by atoms with E-state index in [4.69, 9.17) is 0 Å². The van der Waals surface area contributed by atoms with Gasteiger partial charge in [-0.05, 0) is 0 Å². The minimum absolute atomic E-state index is 0. The van der Waals surface area contributed by atoms with Crippen LogP contribution in [0.3, 0.4) is 0 Å². The second-order valence-electron chi connectivity index (χ2n) is 10.9. The molecule has 0 saturated carbocycles. The smallest absolute Gasteiger partial charge is 1.00 e. The maximum absolute atomic E-state index is 2.59. The summed E-state index contributed by atoms with van der Waals surface area (Å²) < 4.78 is 1.46. The summed E-state index contributed by atoms with van der Waals surface area (Å²) in [6, 6.07) is 22.9. The number of allylic oxidation sites excluding steroid dienone is 4. The van der Waals surface area contributed by atoms with Crippen molar-refractivity contribution in [3.05, 3.63) is 109 Å². The third-order valence-electron chi connectivity index (χ3n) is 8.73. The van der Waals surface area contributed by atoms with Gasteiger partial charge in [-0.3, -0.25) is 0 Å². The van der Waals surface area contributed by atoms with Gasteiger partial charge in [-0.15, -0.1) is 0 Å². The molecule has 0 bridgehead atoms. The van der Waals surface area contributed by atoms with E-state index in [0.717, 1.165) is 44.9 Å². The molecule has 4 rings (SSSR count). The zero-order chi connectivity index (χ0) is 27.4. The van der Waals surface area contributed by atoms with Gasteiger partial charge in [0.05, 0.1) is 0 Å². The van der Waals surface area contributed by atoms with E-state index < -0.39 is 8.07 Å². The Hall–Kier alpha value is -1.06. The Morgan fingerprint density at radius 1 is 0.512 bits per heavy atom. The van der Waals surface area contributed by atoms with Crippen molar-refractivity contribution < 1.29 is 57.7 Å². The van der Waals surface area contributed by atoms with E-state index in [1.54, 1.807) is 20.8 Å². The average Bonchev–Trinajstić information content (AvgIpc) is 3.30. The minimum Gasteiger partial charge on any atom is -1.00 e. The van der Waals surface area contributed by atoms with E-state index >= 15 is 0 Å². The second-order valence-corrected chi connectivity index (χ2v) is 15.6. The molecule has 0 aliphatic heterocycles. The summed E-state index contributed by atoms with van der Waals surface area (Å²) in [5.41, 5.74) is 10.4. The van der Waals surface area contributed by atoms with Gasteiger partial charge >= 0.3 is 246 Å². The van der Waals surface area contributed by atoms with Gasteiger partial charge in [-0.1, -0.05) is 0 Å². The Kier molecular flexibility index (Phi) is 15.5. The number of benzene rings is 3. The van der Waals surface area contributed by atoms with Crippen molar-refractivity contribution >= 4 is 23.6 Å². The number of hydrogen-bond acceptors (Lipinski definition) is 0. The molecule has 41 heavy (non-hydrogen) atoms. The van der Waals surface area contributed by atoms with Crippen molar-refractivity contribution in [1.29, 1.82) is 0 Å². The van der Waals surface area contributed by atoms with Gasteiger partial charge in [0.2, 0.25) is 0 Å². The summed E-state index contributed by atoms with van der Waals surface area (Å²) in [5.74, 6) is 0. The molecular weight excluding hydrogens is 615 g/mol. The Morgan fingerprint density at radius 3 is 0.976 bits per heavy atom. The maximum atomic E-state index is 2.59. The van der Waals surface area contributed by atoms with Crippen LogP contribution in [0.2, 0.25) is 0 Å². The van der Waals surface area contributed by atoms with E-state index in [2.05, 4.69) is 130 Å². The normalized spacial score (nSPS) is 12.9. The molecule has 0 unspecified atom stereocenters. The van der Waals surface area contributed by atoms with E-state index in [9.17, 15) is 0 Å². The van der Waals surface area contributed by atoms with Gasteiger partial charge in [0.25, 0.3) is 0 Å². The van der Waals surface area contributed by atoms with Crippen LogP contribution >= 0.6 is 0 Å². The van der Waals surface area contributed by atoms with Crippen LogP contribution in [-0.4, -0.2) is 8.07 Å². The Morgan fingerprint density at radius 2 is 0.780 bits per heavy atom. The monoisotopic (exact) mass is 658 g/mol. The number of aryl methyl sites for hydroxylation is 6. The number of rotatable bonds is 10. The van der Waals surface area contributed by atoms with Gasteiger partial charge < -0.3 is 37.2 Å². The van der Waals surface area contributed by atoms with E-state index in [-0.39, 0.29) is 37.2 Å². The topological polar surface area (TPSA) is 0 Å². The van der Waals surface area contributed by atoms with Gasteiger partial charge in [-0.2, -0.15) is 0 Å². The largest absolute Gasteiger partial charge is 1.00 e. The summed E-state index contributed by atoms with van der Waals surface area (Å²) in [7, 11) is -2.55. The first-order chi connectivity index (χ1) is 18.3. The quantitative estimate of drug-likeness (QED) is 0.179. The molecule has 0 amide bonds. The molecule has 1 aliphatic carbocycles. The zero-order valence-corrected chi connectivity index (χ0v) is 30.7. The molecule has 218 valence electrons. The van der Waals surface area contributed by atoms with Crippen LogP contribution in [0, 0.1) is 0 Å². The molecule has 5 heteroatoms. The van der Waals surface area contributed by atoms with Crippen LogP contribution in [0.1, 0.15) is 88.3 Å². The zero-order valence-electron chi connectivity index (χ0n) is 25.9. The predicted octanol–water partition coefficient (Wildman–Crippen LogP) is -1.77. The standard InChI is InChI=1S/C36H45Si.3ClH.Ti/c1-8-27-17-28(9-2)21-33(20-27)37(36-16-14-15-26(36)7,34-22-29(10-3)18-30(11-4)23-34)35-24-31(12-5)19-32(13-6)25-35;;;;/h14,17-25H,8-13,16H2,1-7H3;3*1H;/q;;;;+3/p-3. The maximum Gasteiger partial charge on any atom is -1.00 e. The van der Waals surface area contributed by atoms with Gasteiger partial charge in [-0.25, -0.2) is 0 Å². The molecule has 0 spiro atoms. The molecule has 0 nitrogen and oxygen atoms in total. The van der Waals surface area contributed by atoms with Crippen molar-refractivity contribution in [1.82, 2.24) is 0 Å². The predicted molar refractivity (Wildman–Crippen MR) is 166 cm³/mol. The van der Waals surface area contributed by atoms with Crippen LogP contribution in [-0.2, 0) is 59.0 Å². The molecule has 0 saturated heterocycles. The summed E-state index contributed by atoms with van der Waals surface area (Å²) in [6.45, 7) is 16.3. The first-order valence-corrected chi connectivity index (χ1v) is 17.6. The third-order valence-corrected chi connectivity index (χ3v) is 14.6. The van der Waals surface area contributed by atoms with Gasteiger partial charge in [0, 0.05) is 0 Å². The van der Waals surface area contributed by atoms with Crippen LogP contribution in [0.15, 0.2) is 75.3 Å². The number of halogens is 3. The average molecular weight is 660 g/mol. The van der Waals surface area contributed by atoms with Crippen LogP contribution in [0.5, 0.6) is 0 Å². The van der Waals surface area contributed by atoms with Crippen molar-refractivity contribution in [3.8, 4) is 0 Å². The van der Waals surface area contributed by atoms with E-state index in [0.29, 0.717) is 0 Å². The fourth-order valence-electron chi connectivity index (χ4n) is 6.29.